The van der Waals surface area contributed by atoms with Gasteiger partial charge in [-0.2, -0.15) is 0 Å². The Morgan fingerprint density at radius 3 is 1.08 bits per heavy atom. The van der Waals surface area contributed by atoms with Crippen molar-refractivity contribution in [2.24, 2.45) is 0 Å². The maximum absolute atomic E-state index is 14.3. The zero-order valence-electron chi connectivity index (χ0n) is 50.0. The monoisotopic (exact) mass is 1400 g/mol. The molecular formula is C74H70I2N4O8. The number of carbonyl (C=O) groups is 2. The standard InChI is InChI=1S/C74H70I2N4O8/c1-5-29-83-69-51-33-53-41-63-68(66(44-62(77-63)50-27-19-12-20-28-50)80-74(82)88-46-48-23-15-10-16-24-48)60(71(53)85-31-7-3)40-56-38-58(76)36-52(70(56)84-30-6-2)34-54-42-64-67(59(72(54)86-32-8-4)39-55(69)37-57(75)35-51)65(43-61(78-64)49-25-17-11-18-26-49)79-73(81)87-45-47-21-13-9-14-22-47/h9-28,35-38,41-44H,5-8,29-34,39-40,45-46H2,1-4H3,(H,77,80,82)(H,78,79,81). The Balaban J connectivity index is 1.20. The van der Waals surface area contributed by atoms with E-state index in [4.69, 9.17) is 38.4 Å². The molecule has 11 rings (SSSR count). The van der Waals surface area contributed by atoms with Crippen LogP contribution < -0.4 is 29.6 Å². The molecule has 0 aliphatic heterocycles. The third-order valence-electron chi connectivity index (χ3n) is 15.2. The van der Waals surface area contributed by atoms with Gasteiger partial charge >= 0.3 is 12.2 Å². The van der Waals surface area contributed by atoms with Crippen LogP contribution in [0.15, 0.2) is 170 Å². The van der Waals surface area contributed by atoms with Gasteiger partial charge in [-0.3, -0.25) is 10.6 Å². The fraction of sp³-hybridized carbons (Fsp3) is 0.243. The van der Waals surface area contributed by atoms with Gasteiger partial charge in [-0.1, -0.05) is 149 Å². The van der Waals surface area contributed by atoms with Gasteiger partial charge in [0.1, 0.15) is 36.2 Å². The molecule has 8 aromatic carbocycles. The second kappa shape index (κ2) is 29.2. The van der Waals surface area contributed by atoms with E-state index in [0.29, 0.717) is 97.4 Å². The summed E-state index contributed by atoms with van der Waals surface area (Å²) >= 11 is 4.85. The van der Waals surface area contributed by atoms with Gasteiger partial charge in [-0.15, -0.1) is 0 Å². The highest BCUT2D eigenvalue weighted by molar-refractivity contribution is 14.1. The van der Waals surface area contributed by atoms with Crippen molar-refractivity contribution in [2.45, 2.75) is 92.3 Å². The number of pyridine rings is 2. The molecule has 88 heavy (non-hydrogen) atoms. The lowest BCUT2D eigenvalue weighted by molar-refractivity contribution is 0.154. The number of benzene rings is 8. The first-order valence-electron chi connectivity index (χ1n) is 30.3. The third-order valence-corrected chi connectivity index (χ3v) is 16.4. The lowest BCUT2D eigenvalue weighted by atomic mass is 9.88. The van der Waals surface area contributed by atoms with Gasteiger partial charge in [0, 0.05) is 88.1 Å². The summed E-state index contributed by atoms with van der Waals surface area (Å²) in [5.74, 6) is 2.88. The quantitative estimate of drug-likeness (QED) is 0.0709. The van der Waals surface area contributed by atoms with E-state index in [1.807, 2.05) is 133 Å². The van der Waals surface area contributed by atoms with Gasteiger partial charge in [0.2, 0.25) is 0 Å². The van der Waals surface area contributed by atoms with Crippen molar-refractivity contribution >= 4 is 90.5 Å². The molecule has 0 atom stereocenters. The zero-order valence-corrected chi connectivity index (χ0v) is 54.3. The third kappa shape index (κ3) is 14.5. The highest BCUT2D eigenvalue weighted by atomic mass is 127. The van der Waals surface area contributed by atoms with Crippen molar-refractivity contribution in [1.29, 1.82) is 0 Å². The zero-order chi connectivity index (χ0) is 60.9. The van der Waals surface area contributed by atoms with Crippen molar-refractivity contribution in [1.82, 2.24) is 9.97 Å². The van der Waals surface area contributed by atoms with E-state index < -0.39 is 12.2 Å². The molecule has 2 heterocycles. The smallest absolute Gasteiger partial charge is 0.411 e. The molecule has 2 amide bonds. The highest BCUT2D eigenvalue weighted by Gasteiger charge is 2.29. The molecule has 448 valence electrons. The van der Waals surface area contributed by atoms with Gasteiger partial charge < -0.3 is 28.4 Å². The van der Waals surface area contributed by atoms with E-state index in [1.54, 1.807) is 0 Å². The molecule has 1 aliphatic carbocycles. The maximum atomic E-state index is 14.3. The molecule has 0 radical (unpaired) electrons. The SMILES string of the molecule is CCCOc1c2cc(I)cc1Cc1c(OCCC)c(cc3nc(-c4ccccc4)cc(NC(=O)OCc4ccccc4)c13)Cc1cc(I)cc(c1OCCC)Cc1c(OCCC)c(cc3nc(-c4ccccc4)cc(NC(=O)OCc4ccccc4)c13)C2. The van der Waals surface area contributed by atoms with Crippen LogP contribution in [0.5, 0.6) is 23.0 Å². The fourth-order valence-corrected chi connectivity index (χ4v) is 12.9. The topological polar surface area (TPSA) is 139 Å². The molecule has 10 aromatic rings. The summed E-state index contributed by atoms with van der Waals surface area (Å²) in [5.41, 5.74) is 14.5. The Hall–Kier alpha value is -8.22. The average Bonchev–Trinajstić information content (AvgIpc) is 0.805. The first kappa shape index (κ1) is 61.4. The van der Waals surface area contributed by atoms with E-state index in [-0.39, 0.29) is 13.2 Å². The Labute approximate surface area is 542 Å². The molecule has 2 N–H and O–H groups in total. The van der Waals surface area contributed by atoms with Crippen LogP contribution in [-0.2, 0) is 48.4 Å². The number of fused-ring (bicyclic) bond motifs is 12. The number of carbonyl (C=O) groups excluding carboxylic acids is 2. The van der Waals surface area contributed by atoms with E-state index in [1.165, 1.54) is 0 Å². The summed E-state index contributed by atoms with van der Waals surface area (Å²) < 4.78 is 42.3. The lowest BCUT2D eigenvalue weighted by Gasteiger charge is -2.25. The molecule has 0 saturated heterocycles. The molecular weight excluding hydrogens is 1330 g/mol. The van der Waals surface area contributed by atoms with Crippen molar-refractivity contribution < 1.29 is 38.0 Å². The number of hydrogen-bond acceptors (Lipinski definition) is 10. The molecule has 14 heteroatoms. The molecule has 0 saturated carbocycles. The van der Waals surface area contributed by atoms with Crippen molar-refractivity contribution in [3.05, 3.63) is 233 Å². The van der Waals surface area contributed by atoms with Crippen LogP contribution in [0.3, 0.4) is 0 Å². The first-order chi connectivity index (χ1) is 43.1. The van der Waals surface area contributed by atoms with Gasteiger partial charge in [-0.25, -0.2) is 19.6 Å². The molecule has 12 nitrogen and oxygen atoms in total. The fourth-order valence-electron chi connectivity index (χ4n) is 11.4. The number of anilines is 2. The van der Waals surface area contributed by atoms with E-state index in [0.717, 1.165) is 122 Å². The molecule has 1 aliphatic rings. The molecule has 0 unspecified atom stereocenters. The summed E-state index contributed by atoms with van der Waals surface area (Å²) in [5, 5.41) is 7.89. The first-order valence-corrected chi connectivity index (χ1v) is 32.4. The number of ether oxygens (including phenoxy) is 6. The minimum Gasteiger partial charge on any atom is -0.493 e. The summed E-state index contributed by atoms with van der Waals surface area (Å²) in [7, 11) is 0. The predicted molar refractivity (Wildman–Crippen MR) is 368 cm³/mol. The number of aromatic nitrogens is 2. The summed E-state index contributed by atoms with van der Waals surface area (Å²) in [4.78, 5) is 39.6. The van der Waals surface area contributed by atoms with Gasteiger partial charge in [-0.05, 0) is 142 Å². The summed E-state index contributed by atoms with van der Waals surface area (Å²) in [6.07, 6.45) is 3.26. The number of nitrogens with one attached hydrogen (secondary N) is 2. The van der Waals surface area contributed by atoms with Crippen LogP contribution in [0.2, 0.25) is 0 Å². The molecule has 8 bridgehead atoms. The van der Waals surface area contributed by atoms with E-state index >= 15 is 0 Å². The van der Waals surface area contributed by atoms with Gasteiger partial charge in [0.15, 0.2) is 0 Å². The van der Waals surface area contributed by atoms with Gasteiger partial charge in [0.05, 0.1) is 60.2 Å². The van der Waals surface area contributed by atoms with Crippen molar-refractivity contribution in [3.8, 4) is 45.5 Å². The highest BCUT2D eigenvalue weighted by Crippen LogP contribution is 2.47. The lowest BCUT2D eigenvalue weighted by Crippen LogP contribution is -2.16. The largest absolute Gasteiger partial charge is 0.493 e. The minimum absolute atomic E-state index is 0.0861. The Bertz CT molecular complexity index is 3850. The van der Waals surface area contributed by atoms with Crippen LogP contribution in [0.25, 0.3) is 44.3 Å². The number of nitrogens with zero attached hydrogens (tertiary/aromatic N) is 2. The van der Waals surface area contributed by atoms with Crippen LogP contribution in [-0.4, -0.2) is 48.6 Å². The molecule has 0 spiro atoms. The number of hydrogen-bond donors (Lipinski definition) is 2. The average molecular weight is 1400 g/mol. The van der Waals surface area contributed by atoms with Crippen LogP contribution in [0.1, 0.15) is 109 Å². The second-order valence-corrected chi connectivity index (χ2v) is 24.4. The van der Waals surface area contributed by atoms with E-state index in [9.17, 15) is 9.59 Å². The molecule has 0 fully saturated rings. The number of rotatable bonds is 20. The number of amides is 2. The summed E-state index contributed by atoms with van der Waals surface area (Å²) in [6, 6.07) is 56.3. The number of halogens is 2. The maximum Gasteiger partial charge on any atom is 0.411 e. The van der Waals surface area contributed by atoms with Crippen LogP contribution in [0.4, 0.5) is 21.0 Å². The van der Waals surface area contributed by atoms with Crippen LogP contribution >= 0.6 is 45.2 Å². The Morgan fingerprint density at radius 1 is 0.409 bits per heavy atom. The summed E-state index contributed by atoms with van der Waals surface area (Å²) in [6.45, 7) is 10.4. The molecule has 2 aromatic heterocycles. The Morgan fingerprint density at radius 2 is 0.727 bits per heavy atom. The minimum atomic E-state index is -0.601. The van der Waals surface area contributed by atoms with Crippen molar-refractivity contribution in [2.75, 3.05) is 37.1 Å². The van der Waals surface area contributed by atoms with Crippen molar-refractivity contribution in [3.63, 3.8) is 0 Å². The predicted octanol–water partition coefficient (Wildman–Crippen LogP) is 18.7. The Kier molecular flexibility index (Phi) is 20.4. The van der Waals surface area contributed by atoms with Gasteiger partial charge in [0.25, 0.3) is 0 Å². The van der Waals surface area contributed by atoms with E-state index in [2.05, 4.69) is 120 Å². The normalized spacial score (nSPS) is 11.9. The van der Waals surface area contributed by atoms with Crippen LogP contribution in [0, 0.1) is 7.14 Å². The second-order valence-electron chi connectivity index (χ2n) is 21.9.